The molecule has 0 unspecified atom stereocenters. The summed E-state index contributed by atoms with van der Waals surface area (Å²) in [5.74, 6) is 0.596. The van der Waals surface area contributed by atoms with E-state index in [-0.39, 0.29) is 22.9 Å². The summed E-state index contributed by atoms with van der Waals surface area (Å²) in [7, 11) is 0. The highest BCUT2D eigenvalue weighted by Gasteiger charge is 2.32. The standard InChI is InChI=1S/C21H24Cl2N6O2/c1-21(2,3)20(31)28-8-4-5-13(10-28)17-24-18-16(19(30)25-17)26-27-29(18)11-12-6-7-14(22)9-15(12)23/h6-7,9,13H,4-5,8,10-11H2,1-3H3,(H,24,25,30)/t13-/m1/s1. The smallest absolute Gasteiger partial charge is 0.281 e. The van der Waals surface area contributed by atoms with E-state index in [2.05, 4.69) is 15.3 Å². The summed E-state index contributed by atoms with van der Waals surface area (Å²) in [5.41, 5.74) is 0.567. The molecule has 0 bridgehead atoms. The van der Waals surface area contributed by atoms with E-state index >= 15 is 0 Å². The number of nitrogens with zero attached hydrogens (tertiary/aromatic N) is 5. The van der Waals surface area contributed by atoms with E-state index in [1.165, 1.54) is 0 Å². The molecular weight excluding hydrogens is 439 g/mol. The van der Waals surface area contributed by atoms with E-state index in [0.717, 1.165) is 18.4 Å². The highest BCUT2D eigenvalue weighted by atomic mass is 35.5. The third kappa shape index (κ3) is 4.45. The Kier molecular flexibility index (Phi) is 5.79. The van der Waals surface area contributed by atoms with Crippen LogP contribution in [0.25, 0.3) is 11.2 Å². The summed E-state index contributed by atoms with van der Waals surface area (Å²) < 4.78 is 1.56. The Bertz CT molecular complexity index is 1200. The molecule has 1 aliphatic rings. The quantitative estimate of drug-likeness (QED) is 0.640. The Hall–Kier alpha value is -2.45. The fourth-order valence-corrected chi connectivity index (χ4v) is 4.32. The molecule has 1 amide bonds. The Labute approximate surface area is 189 Å². The number of carbonyl (C=O) groups excluding carboxylic acids is 1. The molecule has 10 heteroatoms. The van der Waals surface area contributed by atoms with E-state index in [1.54, 1.807) is 16.8 Å². The molecule has 164 valence electrons. The van der Waals surface area contributed by atoms with Crippen LogP contribution in [-0.4, -0.2) is 48.9 Å². The van der Waals surface area contributed by atoms with Gasteiger partial charge in [-0.05, 0) is 30.5 Å². The highest BCUT2D eigenvalue weighted by molar-refractivity contribution is 6.35. The number of likely N-dealkylation sites (tertiary alicyclic amines) is 1. The lowest BCUT2D eigenvalue weighted by atomic mass is 9.91. The third-order valence-electron chi connectivity index (χ3n) is 5.46. The van der Waals surface area contributed by atoms with Gasteiger partial charge in [0.05, 0.1) is 6.54 Å². The van der Waals surface area contributed by atoms with Gasteiger partial charge < -0.3 is 9.88 Å². The van der Waals surface area contributed by atoms with Gasteiger partial charge in [0.1, 0.15) is 5.82 Å². The van der Waals surface area contributed by atoms with Crippen molar-refractivity contribution < 1.29 is 4.79 Å². The van der Waals surface area contributed by atoms with Crippen molar-refractivity contribution in [3.8, 4) is 0 Å². The number of fused-ring (bicyclic) bond motifs is 1. The van der Waals surface area contributed by atoms with Crippen molar-refractivity contribution in [2.24, 2.45) is 5.41 Å². The van der Waals surface area contributed by atoms with Gasteiger partial charge in [-0.1, -0.05) is 55.3 Å². The van der Waals surface area contributed by atoms with Crippen LogP contribution in [0.2, 0.25) is 10.0 Å². The number of carbonyl (C=O) groups is 1. The molecule has 8 nitrogen and oxygen atoms in total. The molecule has 0 aliphatic carbocycles. The first-order valence-corrected chi connectivity index (χ1v) is 11.0. The van der Waals surface area contributed by atoms with Gasteiger partial charge in [-0.15, -0.1) is 5.10 Å². The van der Waals surface area contributed by atoms with Crippen LogP contribution >= 0.6 is 23.2 Å². The molecule has 0 spiro atoms. The number of nitrogens with one attached hydrogen (secondary N) is 1. The molecule has 0 radical (unpaired) electrons. The molecule has 31 heavy (non-hydrogen) atoms. The molecule has 2 aromatic heterocycles. The van der Waals surface area contributed by atoms with Crippen LogP contribution in [0.5, 0.6) is 0 Å². The van der Waals surface area contributed by atoms with Crippen molar-refractivity contribution in [1.29, 1.82) is 0 Å². The number of benzene rings is 1. The predicted molar refractivity (Wildman–Crippen MR) is 120 cm³/mol. The monoisotopic (exact) mass is 462 g/mol. The van der Waals surface area contributed by atoms with Crippen LogP contribution < -0.4 is 5.56 Å². The van der Waals surface area contributed by atoms with Crippen LogP contribution in [-0.2, 0) is 11.3 Å². The normalized spacial score (nSPS) is 17.3. The van der Waals surface area contributed by atoms with Crippen LogP contribution in [0.4, 0.5) is 0 Å². The Morgan fingerprint density at radius 1 is 1.29 bits per heavy atom. The maximum Gasteiger partial charge on any atom is 0.281 e. The van der Waals surface area contributed by atoms with Crippen LogP contribution in [0.1, 0.15) is 50.9 Å². The molecule has 1 fully saturated rings. The molecule has 1 N–H and O–H groups in total. The van der Waals surface area contributed by atoms with Gasteiger partial charge >= 0.3 is 0 Å². The summed E-state index contributed by atoms with van der Waals surface area (Å²) in [6.07, 6.45) is 1.69. The summed E-state index contributed by atoms with van der Waals surface area (Å²) in [6.45, 7) is 7.29. The van der Waals surface area contributed by atoms with Gasteiger partial charge in [0.25, 0.3) is 5.56 Å². The minimum Gasteiger partial charge on any atom is -0.342 e. The van der Waals surface area contributed by atoms with Gasteiger partial charge in [0.15, 0.2) is 11.2 Å². The van der Waals surface area contributed by atoms with Gasteiger partial charge in [0.2, 0.25) is 5.91 Å². The molecule has 3 aromatic rings. The first-order valence-electron chi connectivity index (χ1n) is 10.2. The fourth-order valence-electron chi connectivity index (χ4n) is 3.85. The maximum absolute atomic E-state index is 12.7. The number of hydrogen-bond donors (Lipinski definition) is 1. The SMILES string of the molecule is CC(C)(C)C(=O)N1CCC[C@@H](c2nc3c(nnn3Cc3ccc(Cl)cc3Cl)c(=O)[nH]2)C1. The number of hydrogen-bond acceptors (Lipinski definition) is 5. The number of halogens is 2. The number of amides is 1. The lowest BCUT2D eigenvalue weighted by molar-refractivity contribution is -0.140. The van der Waals surface area contributed by atoms with Crippen molar-refractivity contribution in [3.63, 3.8) is 0 Å². The molecule has 1 aliphatic heterocycles. The van der Waals surface area contributed by atoms with Crippen LogP contribution in [0.15, 0.2) is 23.0 Å². The van der Waals surface area contributed by atoms with E-state index in [4.69, 9.17) is 28.2 Å². The molecule has 1 atom stereocenters. The zero-order valence-corrected chi connectivity index (χ0v) is 19.2. The van der Waals surface area contributed by atoms with Crippen molar-refractivity contribution in [1.82, 2.24) is 29.9 Å². The highest BCUT2D eigenvalue weighted by Crippen LogP contribution is 2.28. The van der Waals surface area contributed by atoms with Gasteiger partial charge in [-0.2, -0.15) is 0 Å². The van der Waals surface area contributed by atoms with Gasteiger partial charge in [0, 0.05) is 34.5 Å². The first-order chi connectivity index (χ1) is 14.6. The zero-order valence-electron chi connectivity index (χ0n) is 17.7. The molecule has 0 saturated carbocycles. The zero-order chi connectivity index (χ0) is 22.3. The number of piperidine rings is 1. The lowest BCUT2D eigenvalue weighted by Crippen LogP contribution is -2.45. The largest absolute Gasteiger partial charge is 0.342 e. The molecule has 1 aromatic carbocycles. The van der Waals surface area contributed by atoms with E-state index in [0.29, 0.717) is 41.2 Å². The molecule has 4 rings (SSSR count). The molecule has 1 saturated heterocycles. The van der Waals surface area contributed by atoms with E-state index in [1.807, 2.05) is 31.7 Å². The minimum absolute atomic E-state index is 0.0559. The second kappa shape index (κ2) is 8.24. The first kappa shape index (κ1) is 21.8. The Morgan fingerprint density at radius 2 is 2.06 bits per heavy atom. The van der Waals surface area contributed by atoms with Crippen molar-refractivity contribution >= 4 is 40.3 Å². The molecular formula is C21H24Cl2N6O2. The number of rotatable bonds is 3. The van der Waals surface area contributed by atoms with Gasteiger partial charge in [-0.25, -0.2) is 9.67 Å². The summed E-state index contributed by atoms with van der Waals surface area (Å²) in [6, 6.07) is 5.21. The summed E-state index contributed by atoms with van der Waals surface area (Å²) in [4.78, 5) is 34.8. The number of aromatic amines is 1. The average molecular weight is 463 g/mol. The molecule has 3 heterocycles. The van der Waals surface area contributed by atoms with E-state index in [9.17, 15) is 9.59 Å². The summed E-state index contributed by atoms with van der Waals surface area (Å²) >= 11 is 12.3. The second-order valence-corrected chi connectivity index (χ2v) is 9.79. The van der Waals surface area contributed by atoms with Crippen molar-refractivity contribution in [2.75, 3.05) is 13.1 Å². The fraction of sp³-hybridized carbons (Fsp3) is 0.476. The van der Waals surface area contributed by atoms with Crippen molar-refractivity contribution in [2.45, 2.75) is 46.1 Å². The predicted octanol–water partition coefficient (Wildman–Crippen LogP) is 3.62. The van der Waals surface area contributed by atoms with Crippen molar-refractivity contribution in [3.05, 3.63) is 50.0 Å². The average Bonchev–Trinajstić information content (AvgIpc) is 3.12. The number of aromatic nitrogens is 5. The lowest BCUT2D eigenvalue weighted by Gasteiger charge is -2.36. The van der Waals surface area contributed by atoms with E-state index < -0.39 is 5.41 Å². The Morgan fingerprint density at radius 3 is 2.77 bits per heavy atom. The number of H-pyrrole nitrogens is 1. The Balaban J connectivity index is 1.66. The topological polar surface area (TPSA) is 96.8 Å². The van der Waals surface area contributed by atoms with Gasteiger partial charge in [-0.3, -0.25) is 9.59 Å². The maximum atomic E-state index is 12.7. The second-order valence-electron chi connectivity index (χ2n) is 8.95. The third-order valence-corrected chi connectivity index (χ3v) is 6.05. The van der Waals surface area contributed by atoms with Crippen LogP contribution in [0.3, 0.4) is 0 Å². The minimum atomic E-state index is -0.451. The van der Waals surface area contributed by atoms with Crippen LogP contribution in [0, 0.1) is 5.41 Å². The summed E-state index contributed by atoms with van der Waals surface area (Å²) in [5, 5.41) is 9.15.